The van der Waals surface area contributed by atoms with Gasteiger partial charge in [-0.25, -0.2) is 9.37 Å². The summed E-state index contributed by atoms with van der Waals surface area (Å²) in [6.07, 6.45) is 1.06. The molecular formula is C25H27ClFN7OS. The SMILES string of the molecule is CN1CCC(COc2nc(N3CCNCC3)c3cc(Cl)c(-c4cccc5sc(N)nc45)c(F)c3n2)C1. The molecule has 3 N–H and O–H groups in total. The van der Waals surface area contributed by atoms with E-state index in [0.29, 0.717) is 39.9 Å². The molecule has 8 nitrogen and oxygen atoms in total. The number of anilines is 2. The molecule has 2 saturated heterocycles. The maximum atomic E-state index is 16.3. The first-order valence-electron chi connectivity index (χ1n) is 12.1. The first kappa shape index (κ1) is 23.6. The highest BCUT2D eigenvalue weighted by atomic mass is 35.5. The molecule has 0 spiro atoms. The molecule has 36 heavy (non-hydrogen) atoms. The minimum atomic E-state index is -0.513. The third kappa shape index (κ3) is 4.32. The van der Waals surface area contributed by atoms with Crippen LogP contribution in [0, 0.1) is 11.7 Å². The van der Waals surface area contributed by atoms with E-state index in [4.69, 9.17) is 27.1 Å². The summed E-state index contributed by atoms with van der Waals surface area (Å²) in [5.41, 5.74) is 7.61. The van der Waals surface area contributed by atoms with Gasteiger partial charge in [0.25, 0.3) is 0 Å². The Hall–Kier alpha value is -2.79. The second kappa shape index (κ2) is 9.59. The molecule has 0 aliphatic carbocycles. The molecule has 188 valence electrons. The molecule has 1 atom stereocenters. The van der Waals surface area contributed by atoms with Crippen molar-refractivity contribution < 1.29 is 9.13 Å². The second-order valence-corrected chi connectivity index (χ2v) is 10.9. The van der Waals surface area contributed by atoms with Gasteiger partial charge in [-0.15, -0.1) is 0 Å². The summed E-state index contributed by atoms with van der Waals surface area (Å²) < 4.78 is 23.3. The summed E-state index contributed by atoms with van der Waals surface area (Å²) in [6.45, 7) is 5.63. The number of rotatable bonds is 5. The molecule has 0 radical (unpaired) electrons. The van der Waals surface area contributed by atoms with Crippen molar-refractivity contribution in [2.75, 3.05) is 63.6 Å². The van der Waals surface area contributed by atoms with E-state index in [0.717, 1.165) is 50.4 Å². The molecule has 0 saturated carbocycles. The number of hydrogen-bond donors (Lipinski definition) is 2. The van der Waals surface area contributed by atoms with Crippen LogP contribution in [0.3, 0.4) is 0 Å². The number of likely N-dealkylation sites (tertiary alicyclic amines) is 1. The van der Waals surface area contributed by atoms with Crippen LogP contribution in [0.5, 0.6) is 6.01 Å². The molecule has 11 heteroatoms. The Labute approximate surface area is 217 Å². The number of nitrogens with zero attached hydrogens (tertiary/aromatic N) is 5. The molecule has 2 aliphatic heterocycles. The average molecular weight is 528 g/mol. The van der Waals surface area contributed by atoms with Gasteiger partial charge in [-0.05, 0) is 32.1 Å². The molecule has 4 aromatic rings. The lowest BCUT2D eigenvalue weighted by Gasteiger charge is -2.29. The Morgan fingerprint density at radius 3 is 2.81 bits per heavy atom. The maximum Gasteiger partial charge on any atom is 0.319 e. The van der Waals surface area contributed by atoms with E-state index >= 15 is 4.39 Å². The summed E-state index contributed by atoms with van der Waals surface area (Å²) in [7, 11) is 2.10. The van der Waals surface area contributed by atoms with Gasteiger partial charge in [0.2, 0.25) is 0 Å². The Morgan fingerprint density at radius 2 is 2.03 bits per heavy atom. The zero-order valence-corrected chi connectivity index (χ0v) is 21.5. The number of para-hydroxylation sites is 1. The van der Waals surface area contributed by atoms with E-state index < -0.39 is 5.82 Å². The molecule has 2 aliphatic rings. The van der Waals surface area contributed by atoms with E-state index in [1.807, 2.05) is 18.2 Å². The predicted molar refractivity (Wildman–Crippen MR) is 144 cm³/mol. The summed E-state index contributed by atoms with van der Waals surface area (Å²) in [4.78, 5) is 18.1. The van der Waals surface area contributed by atoms with Crippen molar-refractivity contribution in [3.8, 4) is 17.1 Å². The third-order valence-corrected chi connectivity index (χ3v) is 8.05. The molecule has 2 fully saturated rings. The van der Waals surface area contributed by atoms with Crippen molar-refractivity contribution in [2.24, 2.45) is 5.92 Å². The van der Waals surface area contributed by atoms with Crippen molar-refractivity contribution >= 4 is 55.0 Å². The van der Waals surface area contributed by atoms with E-state index in [-0.39, 0.29) is 22.1 Å². The Morgan fingerprint density at radius 1 is 1.19 bits per heavy atom. The molecule has 2 aromatic carbocycles. The number of nitrogens with one attached hydrogen (secondary N) is 1. The van der Waals surface area contributed by atoms with Crippen molar-refractivity contribution in [1.82, 2.24) is 25.2 Å². The van der Waals surface area contributed by atoms with Crippen molar-refractivity contribution in [1.29, 1.82) is 0 Å². The fourth-order valence-corrected chi connectivity index (χ4v) is 6.17. The second-order valence-electron chi connectivity index (χ2n) is 9.44. The lowest BCUT2D eigenvalue weighted by Crippen LogP contribution is -2.44. The number of thiazole rings is 1. The van der Waals surface area contributed by atoms with Crippen LogP contribution in [0.2, 0.25) is 5.02 Å². The lowest BCUT2D eigenvalue weighted by atomic mass is 10.0. The number of nitrogens with two attached hydrogens (primary N) is 1. The molecule has 6 rings (SSSR count). The highest BCUT2D eigenvalue weighted by Crippen LogP contribution is 2.42. The lowest BCUT2D eigenvalue weighted by molar-refractivity contribution is 0.233. The van der Waals surface area contributed by atoms with Gasteiger partial charge in [0.05, 0.1) is 21.8 Å². The number of hydrogen-bond acceptors (Lipinski definition) is 9. The summed E-state index contributed by atoms with van der Waals surface area (Å²) in [6, 6.07) is 7.53. The molecule has 1 unspecified atom stereocenters. The van der Waals surface area contributed by atoms with Crippen LogP contribution in [-0.2, 0) is 0 Å². The van der Waals surface area contributed by atoms with Crippen LogP contribution >= 0.6 is 22.9 Å². The fourth-order valence-electron chi connectivity index (χ4n) is 5.11. The zero-order chi connectivity index (χ0) is 24.8. The zero-order valence-electron chi connectivity index (χ0n) is 19.9. The van der Waals surface area contributed by atoms with Gasteiger partial charge in [-0.3, -0.25) is 0 Å². The molecule has 0 amide bonds. The predicted octanol–water partition coefficient (Wildman–Crippen LogP) is 4.02. The topological polar surface area (TPSA) is 92.4 Å². The summed E-state index contributed by atoms with van der Waals surface area (Å²) in [5.74, 6) is 0.527. The van der Waals surface area contributed by atoms with Crippen LogP contribution in [0.4, 0.5) is 15.3 Å². The standard InChI is InChI=1S/C25H27ClFN7OS/c1-33-8-5-14(12-33)13-35-25-31-22-16(23(32-25)34-9-6-29-7-10-34)11-17(26)19(20(22)27)15-3-2-4-18-21(15)30-24(28)36-18/h2-4,11,14,29H,5-10,12-13H2,1H3,(H2,28,30). The molecule has 2 aromatic heterocycles. The number of piperazine rings is 1. The minimum absolute atomic E-state index is 0.189. The van der Waals surface area contributed by atoms with E-state index in [9.17, 15) is 0 Å². The Kier molecular flexibility index (Phi) is 6.28. The number of ether oxygens (including phenoxy) is 1. The number of halogens is 2. The van der Waals surface area contributed by atoms with E-state index in [2.05, 4.69) is 32.1 Å². The van der Waals surface area contributed by atoms with E-state index in [1.165, 1.54) is 11.3 Å². The van der Waals surface area contributed by atoms with Gasteiger partial charge >= 0.3 is 6.01 Å². The number of nitrogen functional groups attached to an aromatic ring is 1. The maximum absolute atomic E-state index is 16.3. The van der Waals surface area contributed by atoms with Crippen molar-refractivity contribution in [2.45, 2.75) is 6.42 Å². The normalized spacial score (nSPS) is 19.0. The van der Waals surface area contributed by atoms with Gasteiger partial charge in [0.15, 0.2) is 10.9 Å². The van der Waals surface area contributed by atoms with Crippen molar-refractivity contribution in [3.05, 3.63) is 35.1 Å². The van der Waals surface area contributed by atoms with Gasteiger partial charge in [0.1, 0.15) is 11.3 Å². The highest BCUT2D eigenvalue weighted by molar-refractivity contribution is 7.22. The number of aromatic nitrogens is 3. The first-order valence-corrected chi connectivity index (χ1v) is 13.3. The molecule has 4 heterocycles. The highest BCUT2D eigenvalue weighted by Gasteiger charge is 2.26. The smallest absolute Gasteiger partial charge is 0.319 e. The molecule has 0 bridgehead atoms. The number of benzene rings is 2. The summed E-state index contributed by atoms with van der Waals surface area (Å²) >= 11 is 8.10. The van der Waals surface area contributed by atoms with Crippen LogP contribution in [0.15, 0.2) is 24.3 Å². The number of fused-ring (bicyclic) bond motifs is 2. The van der Waals surface area contributed by atoms with Crippen LogP contribution in [-0.4, -0.2) is 72.8 Å². The largest absolute Gasteiger partial charge is 0.463 e. The van der Waals surface area contributed by atoms with Gasteiger partial charge < -0.3 is 25.6 Å². The monoisotopic (exact) mass is 527 g/mol. The van der Waals surface area contributed by atoms with Crippen LogP contribution in [0.25, 0.3) is 32.2 Å². The minimum Gasteiger partial charge on any atom is -0.463 e. The average Bonchev–Trinajstić information content (AvgIpc) is 3.47. The summed E-state index contributed by atoms with van der Waals surface area (Å²) in [5, 5.41) is 4.62. The first-order chi connectivity index (χ1) is 17.5. The Balaban J connectivity index is 1.49. The molecular weight excluding hydrogens is 501 g/mol. The van der Waals surface area contributed by atoms with Gasteiger partial charge in [-0.2, -0.15) is 9.97 Å². The van der Waals surface area contributed by atoms with Crippen LogP contribution < -0.4 is 20.7 Å². The Bertz CT molecular complexity index is 1440. The fraction of sp³-hybridized carbons (Fsp3) is 0.400. The third-order valence-electron chi connectivity index (χ3n) is 6.90. The van der Waals surface area contributed by atoms with Gasteiger partial charge in [-0.1, -0.05) is 35.1 Å². The van der Waals surface area contributed by atoms with Crippen molar-refractivity contribution in [3.63, 3.8) is 0 Å². The van der Waals surface area contributed by atoms with Crippen LogP contribution in [0.1, 0.15) is 6.42 Å². The quantitative estimate of drug-likeness (QED) is 0.402. The van der Waals surface area contributed by atoms with Gasteiger partial charge in [0, 0.05) is 55.2 Å². The van der Waals surface area contributed by atoms with E-state index in [1.54, 1.807) is 6.07 Å².